The van der Waals surface area contributed by atoms with Crippen LogP contribution in [0.1, 0.15) is 47.1 Å². The number of hydrogen-bond donors (Lipinski definition) is 1. The van der Waals surface area contributed by atoms with Crippen LogP contribution in [0, 0.1) is 0 Å². The standard InChI is InChI=1S/C33H34N4O3S3/c1-4-36-19-18-26-29(21-36)42-33(30(26)32-34-27-12-8-9-13-28(27)41-32)35-31(38)24-14-16-25(17-15-24)43(39,40)37(22(2)3)20-23-10-6-5-7-11-23/h5-17,22H,4,18-21H2,1-3H3,(H,35,38). The molecule has 0 atom stereocenters. The Hall–Kier alpha value is -3.41. The fourth-order valence-corrected chi connectivity index (χ4v) is 9.44. The summed E-state index contributed by atoms with van der Waals surface area (Å²) in [6.07, 6.45) is 0.905. The Morgan fingerprint density at radius 2 is 1.72 bits per heavy atom. The molecule has 3 heterocycles. The lowest BCUT2D eigenvalue weighted by atomic mass is 10.0. The lowest BCUT2D eigenvalue weighted by Gasteiger charge is -2.26. The van der Waals surface area contributed by atoms with Gasteiger partial charge in [-0.2, -0.15) is 4.31 Å². The zero-order valence-corrected chi connectivity index (χ0v) is 26.9. The molecular weight excluding hydrogens is 597 g/mol. The Balaban J connectivity index is 1.28. The van der Waals surface area contributed by atoms with Gasteiger partial charge in [-0.15, -0.1) is 22.7 Å². The number of para-hydroxylation sites is 1. The van der Waals surface area contributed by atoms with Gasteiger partial charge in [0.05, 0.1) is 15.1 Å². The van der Waals surface area contributed by atoms with E-state index in [-0.39, 0.29) is 23.4 Å². The summed E-state index contributed by atoms with van der Waals surface area (Å²) < 4.78 is 29.8. The van der Waals surface area contributed by atoms with Crippen molar-refractivity contribution in [1.82, 2.24) is 14.2 Å². The molecule has 43 heavy (non-hydrogen) atoms. The van der Waals surface area contributed by atoms with E-state index in [0.717, 1.165) is 57.4 Å². The molecule has 0 saturated carbocycles. The number of thiazole rings is 1. The van der Waals surface area contributed by atoms with Gasteiger partial charge in [-0.1, -0.05) is 49.4 Å². The molecule has 222 valence electrons. The lowest BCUT2D eigenvalue weighted by Crippen LogP contribution is -2.36. The van der Waals surface area contributed by atoms with Crippen LogP contribution in [0.4, 0.5) is 5.00 Å². The number of fused-ring (bicyclic) bond motifs is 2. The fraction of sp³-hybridized carbons (Fsp3) is 0.273. The number of likely N-dealkylation sites (N-methyl/N-ethyl adjacent to an activating group) is 1. The lowest BCUT2D eigenvalue weighted by molar-refractivity contribution is 0.102. The van der Waals surface area contributed by atoms with Crippen LogP contribution >= 0.6 is 22.7 Å². The second-order valence-corrected chi connectivity index (χ2v) is 14.9. The number of aromatic nitrogens is 1. The topological polar surface area (TPSA) is 82.6 Å². The summed E-state index contributed by atoms with van der Waals surface area (Å²) in [6, 6.07) is 23.6. The predicted molar refractivity (Wildman–Crippen MR) is 176 cm³/mol. The third kappa shape index (κ3) is 6.03. The number of amides is 1. The van der Waals surface area contributed by atoms with Crippen LogP contribution in [0.3, 0.4) is 0 Å². The van der Waals surface area contributed by atoms with Crippen LogP contribution in [0.5, 0.6) is 0 Å². The number of carbonyl (C=O) groups is 1. The van der Waals surface area contributed by atoms with E-state index in [9.17, 15) is 13.2 Å². The van der Waals surface area contributed by atoms with E-state index in [1.807, 2.05) is 62.4 Å². The first-order chi connectivity index (χ1) is 20.7. The fourth-order valence-electron chi connectivity index (χ4n) is 5.42. The van der Waals surface area contributed by atoms with E-state index in [1.54, 1.807) is 34.8 Å². The maximum Gasteiger partial charge on any atom is 0.256 e. The number of benzene rings is 3. The maximum atomic E-state index is 13.6. The first-order valence-corrected chi connectivity index (χ1v) is 17.5. The first kappa shape index (κ1) is 29.7. The van der Waals surface area contributed by atoms with E-state index in [1.165, 1.54) is 26.9 Å². The highest BCUT2D eigenvalue weighted by molar-refractivity contribution is 7.89. The molecule has 10 heteroatoms. The molecule has 5 aromatic rings. The Bertz CT molecular complexity index is 1830. The minimum atomic E-state index is -3.77. The molecule has 1 N–H and O–H groups in total. The van der Waals surface area contributed by atoms with E-state index < -0.39 is 10.0 Å². The predicted octanol–water partition coefficient (Wildman–Crippen LogP) is 7.25. The van der Waals surface area contributed by atoms with Crippen LogP contribution in [0.25, 0.3) is 20.8 Å². The van der Waals surface area contributed by atoms with E-state index in [4.69, 9.17) is 4.98 Å². The van der Waals surface area contributed by atoms with Crippen molar-refractivity contribution in [2.45, 2.75) is 51.2 Å². The highest BCUT2D eigenvalue weighted by atomic mass is 32.2. The molecule has 7 nitrogen and oxygen atoms in total. The first-order valence-electron chi connectivity index (χ1n) is 14.4. The molecule has 0 aliphatic carbocycles. The van der Waals surface area contributed by atoms with Crippen LogP contribution in [-0.2, 0) is 29.5 Å². The molecule has 0 fully saturated rings. The Morgan fingerprint density at radius 1 is 1.00 bits per heavy atom. The van der Waals surface area contributed by atoms with Gasteiger partial charge in [0.15, 0.2) is 0 Å². The summed E-state index contributed by atoms with van der Waals surface area (Å²) in [4.78, 5) is 22.3. The smallest absolute Gasteiger partial charge is 0.256 e. The summed E-state index contributed by atoms with van der Waals surface area (Å²) in [6.45, 7) is 8.98. The van der Waals surface area contributed by atoms with Crippen molar-refractivity contribution < 1.29 is 13.2 Å². The summed E-state index contributed by atoms with van der Waals surface area (Å²) >= 11 is 3.26. The summed E-state index contributed by atoms with van der Waals surface area (Å²) in [5, 5.41) is 4.86. The Kier molecular flexibility index (Phi) is 8.48. The number of anilines is 1. The van der Waals surface area contributed by atoms with Gasteiger partial charge >= 0.3 is 0 Å². The second-order valence-electron chi connectivity index (χ2n) is 10.9. The highest BCUT2D eigenvalue weighted by Gasteiger charge is 2.29. The molecule has 1 amide bonds. The van der Waals surface area contributed by atoms with Gasteiger partial charge in [0.1, 0.15) is 10.0 Å². The highest BCUT2D eigenvalue weighted by Crippen LogP contribution is 2.45. The van der Waals surface area contributed by atoms with Crippen LogP contribution < -0.4 is 5.32 Å². The van der Waals surface area contributed by atoms with Gasteiger partial charge < -0.3 is 5.32 Å². The zero-order chi connectivity index (χ0) is 30.1. The third-order valence-electron chi connectivity index (χ3n) is 7.80. The van der Waals surface area contributed by atoms with Gasteiger partial charge in [0.2, 0.25) is 10.0 Å². The molecule has 1 aliphatic heterocycles. The number of sulfonamides is 1. The third-order valence-corrected chi connectivity index (χ3v) is 12.0. The Labute approximate surface area is 260 Å². The average molecular weight is 631 g/mol. The maximum absolute atomic E-state index is 13.6. The van der Waals surface area contributed by atoms with E-state index >= 15 is 0 Å². The van der Waals surface area contributed by atoms with Gasteiger partial charge in [-0.25, -0.2) is 13.4 Å². The molecule has 3 aromatic carbocycles. The molecule has 0 radical (unpaired) electrons. The second kappa shape index (κ2) is 12.3. The normalized spacial score (nSPS) is 14.0. The Morgan fingerprint density at radius 3 is 2.42 bits per heavy atom. The van der Waals surface area contributed by atoms with Crippen molar-refractivity contribution in [2.24, 2.45) is 0 Å². The van der Waals surface area contributed by atoms with Crippen LogP contribution in [-0.4, -0.2) is 47.6 Å². The van der Waals surface area contributed by atoms with Crippen molar-refractivity contribution in [3.63, 3.8) is 0 Å². The van der Waals surface area contributed by atoms with Crippen LogP contribution in [0.2, 0.25) is 0 Å². The molecule has 1 aliphatic rings. The van der Waals surface area contributed by atoms with E-state index in [2.05, 4.69) is 23.2 Å². The van der Waals surface area contributed by atoms with Crippen LogP contribution in [0.15, 0.2) is 83.8 Å². The number of hydrogen-bond acceptors (Lipinski definition) is 7. The monoisotopic (exact) mass is 630 g/mol. The number of thiophene rings is 1. The van der Waals surface area contributed by atoms with Gasteiger partial charge in [-0.05, 0) is 74.3 Å². The number of nitrogens with one attached hydrogen (secondary N) is 1. The summed E-state index contributed by atoms with van der Waals surface area (Å²) in [7, 11) is -3.77. The SMILES string of the molecule is CCN1CCc2c(sc(NC(=O)c3ccc(S(=O)(=O)N(Cc4ccccc4)C(C)C)cc3)c2-c2nc3ccccc3s2)C1. The minimum Gasteiger partial charge on any atom is -0.313 e. The van der Waals surface area contributed by atoms with Crippen molar-refractivity contribution in [3.05, 3.63) is 100 Å². The average Bonchev–Trinajstić information content (AvgIpc) is 3.60. The summed E-state index contributed by atoms with van der Waals surface area (Å²) in [5.74, 6) is -0.276. The molecule has 6 rings (SSSR count). The van der Waals surface area contributed by atoms with Crippen molar-refractivity contribution in [2.75, 3.05) is 18.4 Å². The molecule has 0 unspecified atom stereocenters. The molecule has 0 saturated heterocycles. The number of rotatable bonds is 9. The van der Waals surface area contributed by atoms with E-state index in [0.29, 0.717) is 5.56 Å². The molecule has 2 aromatic heterocycles. The molecular formula is C33H34N4O3S3. The minimum absolute atomic E-state index is 0.162. The van der Waals surface area contributed by atoms with Crippen molar-refractivity contribution in [1.29, 1.82) is 0 Å². The molecule has 0 spiro atoms. The summed E-state index contributed by atoms with van der Waals surface area (Å²) in [5.41, 5.74) is 4.54. The van der Waals surface area contributed by atoms with Crippen molar-refractivity contribution >= 4 is 53.8 Å². The molecule has 0 bridgehead atoms. The zero-order valence-electron chi connectivity index (χ0n) is 24.4. The quantitative estimate of drug-likeness (QED) is 0.186. The number of carbonyl (C=O) groups excluding carboxylic acids is 1. The van der Waals surface area contributed by atoms with Gasteiger partial charge in [-0.3, -0.25) is 9.69 Å². The largest absolute Gasteiger partial charge is 0.313 e. The van der Waals surface area contributed by atoms with Crippen molar-refractivity contribution in [3.8, 4) is 10.6 Å². The van der Waals surface area contributed by atoms with Gasteiger partial charge in [0.25, 0.3) is 5.91 Å². The number of nitrogens with zero attached hydrogens (tertiary/aromatic N) is 3. The van der Waals surface area contributed by atoms with Gasteiger partial charge in [0, 0.05) is 41.7 Å².